The summed E-state index contributed by atoms with van der Waals surface area (Å²) in [5.74, 6) is 0.311. The van der Waals surface area contributed by atoms with Gasteiger partial charge in [0.1, 0.15) is 0 Å². The Morgan fingerprint density at radius 3 is 2.07 bits per heavy atom. The lowest BCUT2D eigenvalue weighted by molar-refractivity contribution is -0.133. The quantitative estimate of drug-likeness (QED) is 0.804. The molecule has 2 heterocycles. The minimum Gasteiger partial charge on any atom is -0.342 e. The molecule has 0 aliphatic carbocycles. The zero-order chi connectivity index (χ0) is 20.1. The molecule has 5 nitrogen and oxygen atoms in total. The van der Waals surface area contributed by atoms with Crippen LogP contribution < -0.4 is 0 Å². The van der Waals surface area contributed by atoms with Crippen molar-refractivity contribution in [2.24, 2.45) is 0 Å². The van der Waals surface area contributed by atoms with Gasteiger partial charge < -0.3 is 9.80 Å². The first kappa shape index (κ1) is 19.6. The number of nitrogens with zero attached hydrogens (tertiary/aromatic N) is 3. The van der Waals surface area contributed by atoms with Gasteiger partial charge in [-0.2, -0.15) is 0 Å². The molecule has 2 aromatic rings. The fourth-order valence-corrected chi connectivity index (χ4v) is 4.25. The van der Waals surface area contributed by atoms with Crippen molar-refractivity contribution >= 4 is 11.8 Å². The van der Waals surface area contributed by atoms with Crippen LogP contribution in [0.2, 0.25) is 0 Å². The lowest BCUT2D eigenvalue weighted by Gasteiger charge is -2.36. The van der Waals surface area contributed by atoms with Crippen LogP contribution in [0.3, 0.4) is 0 Å². The van der Waals surface area contributed by atoms with Crippen molar-refractivity contribution in [3.8, 4) is 11.1 Å². The van der Waals surface area contributed by atoms with Crippen LogP contribution in [0.4, 0.5) is 0 Å². The topological polar surface area (TPSA) is 43.9 Å². The van der Waals surface area contributed by atoms with E-state index in [4.69, 9.17) is 0 Å². The van der Waals surface area contributed by atoms with Crippen LogP contribution in [0.1, 0.15) is 29.6 Å². The summed E-state index contributed by atoms with van der Waals surface area (Å²) in [6.07, 6.45) is 3.47. The fraction of sp³-hybridized carbons (Fsp3) is 0.417. The molecule has 2 aromatic carbocycles. The minimum absolute atomic E-state index is 0.0754. The molecular formula is C24H29N3O2. The number of piperazine rings is 1. The first-order valence-electron chi connectivity index (χ1n) is 10.7. The van der Waals surface area contributed by atoms with Gasteiger partial charge in [0.25, 0.3) is 5.91 Å². The largest absolute Gasteiger partial charge is 0.342 e. The zero-order valence-corrected chi connectivity index (χ0v) is 16.9. The smallest absolute Gasteiger partial charge is 0.254 e. The Morgan fingerprint density at radius 1 is 0.690 bits per heavy atom. The Labute approximate surface area is 172 Å². The van der Waals surface area contributed by atoms with Crippen LogP contribution in [0, 0.1) is 0 Å². The summed E-state index contributed by atoms with van der Waals surface area (Å²) >= 11 is 0. The van der Waals surface area contributed by atoms with E-state index < -0.39 is 0 Å². The van der Waals surface area contributed by atoms with Gasteiger partial charge in [-0.05, 0) is 36.5 Å². The van der Waals surface area contributed by atoms with Crippen LogP contribution in [0.25, 0.3) is 11.1 Å². The predicted octanol–water partition coefficient (Wildman–Crippen LogP) is 3.12. The molecule has 2 saturated heterocycles. The molecule has 0 bridgehead atoms. The highest BCUT2D eigenvalue weighted by Gasteiger charge is 2.26. The van der Waals surface area contributed by atoms with Crippen molar-refractivity contribution in [2.75, 3.05) is 45.8 Å². The number of amides is 2. The third kappa shape index (κ3) is 4.67. The Balaban J connectivity index is 1.37. The van der Waals surface area contributed by atoms with Gasteiger partial charge in [0.15, 0.2) is 0 Å². The first-order valence-corrected chi connectivity index (χ1v) is 10.7. The Bertz CT molecular complexity index is 838. The molecule has 29 heavy (non-hydrogen) atoms. The zero-order valence-electron chi connectivity index (χ0n) is 16.9. The van der Waals surface area contributed by atoms with Crippen molar-refractivity contribution in [3.63, 3.8) is 0 Å². The molecule has 4 rings (SSSR count). The molecule has 2 amide bonds. The molecule has 0 unspecified atom stereocenters. The molecule has 2 aliphatic rings. The number of carbonyl (C=O) groups is 2. The molecule has 0 atom stereocenters. The molecule has 2 aliphatic heterocycles. The molecular weight excluding hydrogens is 362 g/mol. The van der Waals surface area contributed by atoms with Crippen molar-refractivity contribution in [2.45, 2.75) is 19.3 Å². The number of rotatable bonds is 4. The SMILES string of the molecule is O=C(CN1CCN(C(=O)c2ccccc2-c2ccccc2)CC1)N1CCCCC1. The van der Waals surface area contributed by atoms with Crippen molar-refractivity contribution < 1.29 is 9.59 Å². The highest BCUT2D eigenvalue weighted by Crippen LogP contribution is 2.25. The molecule has 0 saturated carbocycles. The van der Waals surface area contributed by atoms with E-state index in [0.29, 0.717) is 19.6 Å². The normalized spacial score (nSPS) is 17.9. The number of benzene rings is 2. The van der Waals surface area contributed by atoms with Gasteiger partial charge in [-0.15, -0.1) is 0 Å². The average molecular weight is 392 g/mol. The van der Waals surface area contributed by atoms with Crippen LogP contribution in [-0.2, 0) is 4.79 Å². The van der Waals surface area contributed by atoms with Gasteiger partial charge in [-0.3, -0.25) is 14.5 Å². The maximum atomic E-state index is 13.2. The molecule has 0 spiro atoms. The minimum atomic E-state index is 0.0754. The highest BCUT2D eigenvalue weighted by atomic mass is 16.2. The van der Waals surface area contributed by atoms with Gasteiger partial charge >= 0.3 is 0 Å². The van der Waals surface area contributed by atoms with E-state index in [9.17, 15) is 9.59 Å². The predicted molar refractivity (Wildman–Crippen MR) is 115 cm³/mol. The number of hydrogen-bond donors (Lipinski definition) is 0. The van der Waals surface area contributed by atoms with Crippen molar-refractivity contribution in [1.29, 1.82) is 0 Å². The lowest BCUT2D eigenvalue weighted by Crippen LogP contribution is -2.52. The standard InChI is InChI=1S/C24H29N3O2/c28-23(26-13-7-2-8-14-26)19-25-15-17-27(18-16-25)24(29)22-12-6-5-11-21(22)20-9-3-1-4-10-20/h1,3-6,9-12H,2,7-8,13-19H2. The second-order valence-electron chi connectivity index (χ2n) is 7.92. The Kier molecular flexibility index (Phi) is 6.25. The number of carbonyl (C=O) groups excluding carboxylic acids is 2. The van der Waals surface area contributed by atoms with Crippen LogP contribution >= 0.6 is 0 Å². The third-order valence-electron chi connectivity index (χ3n) is 5.97. The molecule has 0 radical (unpaired) electrons. The summed E-state index contributed by atoms with van der Waals surface area (Å²) in [5, 5.41) is 0. The van der Waals surface area contributed by atoms with E-state index in [1.807, 2.05) is 64.4 Å². The van der Waals surface area contributed by atoms with Crippen LogP contribution in [0.5, 0.6) is 0 Å². The van der Waals surface area contributed by atoms with E-state index in [1.54, 1.807) is 0 Å². The average Bonchev–Trinajstić information content (AvgIpc) is 2.80. The van der Waals surface area contributed by atoms with E-state index in [-0.39, 0.29) is 11.8 Å². The molecule has 152 valence electrons. The van der Waals surface area contributed by atoms with Gasteiger partial charge in [0.05, 0.1) is 6.54 Å². The lowest BCUT2D eigenvalue weighted by atomic mass is 9.98. The number of piperidine rings is 1. The van der Waals surface area contributed by atoms with Crippen molar-refractivity contribution in [1.82, 2.24) is 14.7 Å². The Morgan fingerprint density at radius 2 is 1.34 bits per heavy atom. The van der Waals surface area contributed by atoms with Gasteiger partial charge in [0, 0.05) is 44.8 Å². The monoisotopic (exact) mass is 391 g/mol. The van der Waals surface area contributed by atoms with Crippen LogP contribution in [0.15, 0.2) is 54.6 Å². The van der Waals surface area contributed by atoms with Gasteiger partial charge in [-0.25, -0.2) is 0 Å². The second-order valence-corrected chi connectivity index (χ2v) is 7.92. The molecule has 0 aromatic heterocycles. The molecule has 2 fully saturated rings. The van der Waals surface area contributed by atoms with E-state index in [2.05, 4.69) is 4.90 Å². The van der Waals surface area contributed by atoms with Crippen LogP contribution in [-0.4, -0.2) is 72.3 Å². The van der Waals surface area contributed by atoms with Gasteiger partial charge in [-0.1, -0.05) is 48.5 Å². The summed E-state index contributed by atoms with van der Waals surface area (Å²) in [5.41, 5.74) is 2.78. The maximum absolute atomic E-state index is 13.2. The first-order chi connectivity index (χ1) is 14.2. The maximum Gasteiger partial charge on any atom is 0.254 e. The summed E-state index contributed by atoms with van der Waals surface area (Å²) in [4.78, 5) is 31.8. The van der Waals surface area contributed by atoms with Gasteiger partial charge in [0.2, 0.25) is 5.91 Å². The summed E-state index contributed by atoms with van der Waals surface area (Å²) in [7, 11) is 0. The van der Waals surface area contributed by atoms with E-state index >= 15 is 0 Å². The summed E-state index contributed by atoms with van der Waals surface area (Å²) in [6.45, 7) is 5.09. The molecule has 5 heteroatoms. The van der Waals surface area contributed by atoms with E-state index in [1.165, 1.54) is 6.42 Å². The fourth-order valence-electron chi connectivity index (χ4n) is 4.25. The summed E-state index contributed by atoms with van der Waals surface area (Å²) < 4.78 is 0. The molecule has 0 N–H and O–H groups in total. The number of hydrogen-bond acceptors (Lipinski definition) is 3. The third-order valence-corrected chi connectivity index (χ3v) is 5.97. The highest BCUT2D eigenvalue weighted by molar-refractivity contribution is 6.01. The summed E-state index contributed by atoms with van der Waals surface area (Å²) in [6, 6.07) is 17.9. The van der Waals surface area contributed by atoms with E-state index in [0.717, 1.165) is 55.7 Å². The Hall–Kier alpha value is -2.66. The second kappa shape index (κ2) is 9.23. The number of likely N-dealkylation sites (tertiary alicyclic amines) is 1. The van der Waals surface area contributed by atoms with Crippen molar-refractivity contribution in [3.05, 3.63) is 60.2 Å².